The normalized spacial score (nSPS) is 24.8. The molecular formula is C19H25F2N3O5. The van der Waals surface area contributed by atoms with Crippen LogP contribution in [-0.2, 0) is 16.1 Å². The van der Waals surface area contributed by atoms with Crippen molar-refractivity contribution in [3.8, 4) is 5.75 Å². The number of rotatable bonds is 6. The number of likely N-dealkylation sites (tertiary alicyclic amines) is 2. The van der Waals surface area contributed by atoms with E-state index in [9.17, 15) is 28.8 Å². The molecule has 0 aliphatic carbocycles. The number of amides is 1. The second-order valence-electron chi connectivity index (χ2n) is 7.93. The Kier molecular flexibility index (Phi) is 6.04. The van der Waals surface area contributed by atoms with Crippen molar-refractivity contribution in [3.63, 3.8) is 0 Å². The van der Waals surface area contributed by atoms with E-state index in [2.05, 4.69) is 0 Å². The Hall–Kier alpha value is -2.33. The van der Waals surface area contributed by atoms with Gasteiger partial charge >= 0.3 is 5.69 Å². The van der Waals surface area contributed by atoms with Crippen molar-refractivity contribution >= 4 is 11.6 Å². The number of carbonyl (C=O) groups is 1. The van der Waals surface area contributed by atoms with Gasteiger partial charge in [0.2, 0.25) is 5.91 Å². The van der Waals surface area contributed by atoms with E-state index in [-0.39, 0.29) is 19.0 Å². The average Bonchev–Trinajstić information content (AvgIpc) is 2.61. The summed E-state index contributed by atoms with van der Waals surface area (Å²) in [5.41, 5.74) is -1.12. The summed E-state index contributed by atoms with van der Waals surface area (Å²) in [5, 5.41) is 20.7. The second kappa shape index (κ2) is 8.19. The van der Waals surface area contributed by atoms with Crippen LogP contribution in [0.3, 0.4) is 0 Å². The molecule has 0 saturated carbocycles. The summed E-state index contributed by atoms with van der Waals surface area (Å²) in [6.07, 6.45) is 0.564. The fraction of sp³-hybridized carbons (Fsp3) is 0.632. The molecule has 2 fully saturated rings. The number of carbonyl (C=O) groups excluding carboxylic acids is 1. The summed E-state index contributed by atoms with van der Waals surface area (Å²) in [5.74, 6) is -3.80. The van der Waals surface area contributed by atoms with Gasteiger partial charge < -0.3 is 14.7 Å². The number of methoxy groups -OCH3 is 1. The number of aromatic hydroxyl groups is 1. The van der Waals surface area contributed by atoms with E-state index in [0.717, 1.165) is 6.07 Å². The second-order valence-corrected chi connectivity index (χ2v) is 7.93. The topological polar surface area (TPSA) is 96.2 Å². The Morgan fingerprint density at radius 1 is 1.34 bits per heavy atom. The summed E-state index contributed by atoms with van der Waals surface area (Å²) in [4.78, 5) is 26.3. The largest absolute Gasteiger partial charge is 0.502 e. The summed E-state index contributed by atoms with van der Waals surface area (Å²) >= 11 is 0. The fourth-order valence-electron chi connectivity index (χ4n) is 4.49. The van der Waals surface area contributed by atoms with Crippen molar-refractivity contribution in [2.75, 3.05) is 39.9 Å². The third kappa shape index (κ3) is 4.64. The molecule has 8 nitrogen and oxygen atoms in total. The predicted molar refractivity (Wildman–Crippen MR) is 99.7 cm³/mol. The fourth-order valence-corrected chi connectivity index (χ4v) is 4.49. The molecule has 2 aliphatic rings. The van der Waals surface area contributed by atoms with Crippen LogP contribution in [0.1, 0.15) is 24.8 Å². The highest BCUT2D eigenvalue weighted by Crippen LogP contribution is 2.45. The Balaban J connectivity index is 1.80. The molecule has 2 aliphatic heterocycles. The van der Waals surface area contributed by atoms with E-state index in [1.54, 1.807) is 4.90 Å². The maximum absolute atomic E-state index is 14.6. The smallest absolute Gasteiger partial charge is 0.310 e. The minimum Gasteiger partial charge on any atom is -0.502 e. The van der Waals surface area contributed by atoms with Gasteiger partial charge in [-0.15, -0.1) is 0 Å². The van der Waals surface area contributed by atoms with Gasteiger partial charge in [-0.1, -0.05) is 6.07 Å². The van der Waals surface area contributed by atoms with Crippen molar-refractivity contribution in [1.82, 2.24) is 9.80 Å². The van der Waals surface area contributed by atoms with Gasteiger partial charge in [-0.25, -0.2) is 8.78 Å². The zero-order chi connectivity index (χ0) is 21.2. The number of ether oxygens (including phenoxy) is 1. The number of halogens is 2. The highest BCUT2D eigenvalue weighted by Gasteiger charge is 2.55. The van der Waals surface area contributed by atoms with Crippen molar-refractivity contribution in [2.45, 2.75) is 31.7 Å². The molecule has 10 heteroatoms. The molecule has 1 atom stereocenters. The summed E-state index contributed by atoms with van der Waals surface area (Å²) < 4.78 is 34.2. The molecule has 1 aromatic rings. The SMILES string of the molecule is COCCN1CCCC2(CN(Cc3ccc([N+](=O)[O-])c(O)c3)CC(F)(F)C2)C1=O. The molecule has 0 aromatic heterocycles. The molecule has 1 N–H and O–H groups in total. The van der Waals surface area contributed by atoms with Gasteiger partial charge in [0, 0.05) is 45.8 Å². The van der Waals surface area contributed by atoms with Gasteiger partial charge in [-0.2, -0.15) is 0 Å². The van der Waals surface area contributed by atoms with E-state index in [0.29, 0.717) is 38.1 Å². The lowest BCUT2D eigenvalue weighted by Gasteiger charge is -2.49. The van der Waals surface area contributed by atoms with Crippen molar-refractivity contribution in [2.24, 2.45) is 5.41 Å². The van der Waals surface area contributed by atoms with E-state index in [4.69, 9.17) is 4.74 Å². The molecule has 0 radical (unpaired) electrons. The minimum absolute atomic E-state index is 0.0637. The lowest BCUT2D eigenvalue weighted by Crippen LogP contribution is -2.61. The molecule has 2 heterocycles. The van der Waals surface area contributed by atoms with Gasteiger partial charge in [-0.3, -0.25) is 19.8 Å². The van der Waals surface area contributed by atoms with Crippen LogP contribution >= 0.6 is 0 Å². The molecular weight excluding hydrogens is 388 g/mol. The lowest BCUT2D eigenvalue weighted by molar-refractivity contribution is -0.385. The first-order valence-corrected chi connectivity index (χ1v) is 9.51. The number of piperidine rings is 2. The number of hydrogen-bond donors (Lipinski definition) is 1. The molecule has 2 saturated heterocycles. The van der Waals surface area contributed by atoms with Gasteiger partial charge in [0.05, 0.1) is 23.5 Å². The van der Waals surface area contributed by atoms with Crippen LogP contribution in [0.4, 0.5) is 14.5 Å². The molecule has 29 heavy (non-hydrogen) atoms. The summed E-state index contributed by atoms with van der Waals surface area (Å²) in [6, 6.07) is 3.80. The zero-order valence-electron chi connectivity index (χ0n) is 16.3. The maximum Gasteiger partial charge on any atom is 0.310 e. The van der Waals surface area contributed by atoms with Crippen molar-refractivity contribution < 1.29 is 28.3 Å². The minimum atomic E-state index is -3.03. The monoisotopic (exact) mass is 413 g/mol. The van der Waals surface area contributed by atoms with Crippen LogP contribution < -0.4 is 0 Å². The standard InChI is InChI=1S/C19H25F2N3O5/c1-29-8-7-23-6-2-5-18(17(23)26)11-19(20,21)13-22(12-18)10-14-3-4-15(24(27)28)16(25)9-14/h3-4,9,25H,2,5-8,10-13H2,1H3. The Labute approximate surface area is 167 Å². The van der Waals surface area contributed by atoms with Gasteiger partial charge in [0.1, 0.15) is 0 Å². The quantitative estimate of drug-likeness (QED) is 0.568. The zero-order valence-corrected chi connectivity index (χ0v) is 16.3. The molecule has 1 amide bonds. The van der Waals surface area contributed by atoms with Crippen LogP contribution in [0.5, 0.6) is 5.75 Å². The first-order chi connectivity index (χ1) is 13.7. The highest BCUT2D eigenvalue weighted by atomic mass is 19.3. The summed E-state index contributed by atoms with van der Waals surface area (Å²) in [7, 11) is 1.53. The number of alkyl halides is 2. The van der Waals surface area contributed by atoms with E-state index < -0.39 is 40.7 Å². The molecule has 0 bridgehead atoms. The predicted octanol–water partition coefficient (Wildman–Crippen LogP) is 2.40. The van der Waals surface area contributed by atoms with Crippen molar-refractivity contribution in [3.05, 3.63) is 33.9 Å². The van der Waals surface area contributed by atoms with Gasteiger partial charge in [-0.05, 0) is 24.5 Å². The number of hydrogen-bond acceptors (Lipinski definition) is 6. The molecule has 1 aromatic carbocycles. The third-order valence-corrected chi connectivity index (χ3v) is 5.61. The van der Waals surface area contributed by atoms with Crippen LogP contribution in [-0.4, -0.2) is 71.6 Å². The number of phenolic OH excluding ortho intramolecular Hbond substituents is 1. The number of phenols is 1. The molecule has 1 unspecified atom stereocenters. The Morgan fingerprint density at radius 3 is 2.76 bits per heavy atom. The lowest BCUT2D eigenvalue weighted by atomic mass is 9.71. The van der Waals surface area contributed by atoms with Crippen LogP contribution in [0, 0.1) is 15.5 Å². The first-order valence-electron chi connectivity index (χ1n) is 9.51. The van der Waals surface area contributed by atoms with E-state index in [1.807, 2.05) is 0 Å². The number of benzene rings is 1. The average molecular weight is 413 g/mol. The highest BCUT2D eigenvalue weighted by molar-refractivity contribution is 5.84. The van der Waals surface area contributed by atoms with Crippen molar-refractivity contribution in [1.29, 1.82) is 0 Å². The maximum atomic E-state index is 14.6. The van der Waals surface area contributed by atoms with Crippen LogP contribution in [0.25, 0.3) is 0 Å². The summed E-state index contributed by atoms with van der Waals surface area (Å²) in [6.45, 7) is 1.00. The third-order valence-electron chi connectivity index (χ3n) is 5.61. The Morgan fingerprint density at radius 2 is 2.10 bits per heavy atom. The van der Waals surface area contributed by atoms with E-state index in [1.165, 1.54) is 24.1 Å². The van der Waals surface area contributed by atoms with Gasteiger partial charge in [0.25, 0.3) is 5.92 Å². The number of nitrogens with zero attached hydrogens (tertiary/aromatic N) is 3. The Bertz CT molecular complexity index is 791. The molecule has 1 spiro atoms. The van der Waals surface area contributed by atoms with Gasteiger partial charge in [0.15, 0.2) is 5.75 Å². The van der Waals surface area contributed by atoms with E-state index >= 15 is 0 Å². The molecule has 3 rings (SSSR count). The number of nitro groups is 1. The first kappa shape index (κ1) is 21.4. The van der Waals surface area contributed by atoms with Crippen LogP contribution in [0.15, 0.2) is 18.2 Å². The molecule has 160 valence electrons. The van der Waals surface area contributed by atoms with Crippen LogP contribution in [0.2, 0.25) is 0 Å². The number of nitro benzene ring substituents is 1.